The molecule has 0 saturated carbocycles. The number of anilines is 1. The highest BCUT2D eigenvalue weighted by molar-refractivity contribution is 9.10. The van der Waals surface area contributed by atoms with Gasteiger partial charge in [-0.15, -0.1) is 0 Å². The lowest BCUT2D eigenvalue weighted by Crippen LogP contribution is -2.14. The average Bonchev–Trinajstić information content (AvgIpc) is 2.62. The van der Waals surface area contributed by atoms with Crippen LogP contribution in [0.1, 0.15) is 21.7 Å². The molecule has 1 heterocycles. The highest BCUT2D eigenvalue weighted by atomic mass is 79.9. The molecule has 0 aliphatic carbocycles. The summed E-state index contributed by atoms with van der Waals surface area (Å²) in [6, 6.07) is 7.49. The third kappa shape index (κ3) is 2.39. The van der Waals surface area contributed by atoms with Crippen LogP contribution in [0.4, 0.5) is 5.69 Å². The van der Waals surface area contributed by atoms with Gasteiger partial charge in [0, 0.05) is 10.2 Å². The van der Waals surface area contributed by atoms with Gasteiger partial charge < -0.3 is 5.32 Å². The Balaban J connectivity index is 2.27. The van der Waals surface area contributed by atoms with Crippen molar-refractivity contribution in [1.29, 1.82) is 0 Å². The lowest BCUT2D eigenvalue weighted by Gasteiger charge is -2.06. The number of H-pyrrole nitrogens is 1. The molecule has 2 aromatic rings. The number of nitrogens with zero attached hydrogens (tertiary/aromatic N) is 1. The number of amides is 1. The summed E-state index contributed by atoms with van der Waals surface area (Å²) in [6.45, 7) is 3.63. The zero-order valence-electron chi connectivity index (χ0n) is 9.54. The van der Waals surface area contributed by atoms with Crippen molar-refractivity contribution in [2.75, 3.05) is 5.32 Å². The number of hydrogen-bond acceptors (Lipinski definition) is 2. The van der Waals surface area contributed by atoms with E-state index >= 15 is 0 Å². The molecule has 4 nitrogen and oxygen atoms in total. The van der Waals surface area contributed by atoms with Crippen molar-refractivity contribution in [3.63, 3.8) is 0 Å². The van der Waals surface area contributed by atoms with Crippen molar-refractivity contribution in [3.8, 4) is 0 Å². The van der Waals surface area contributed by atoms with Gasteiger partial charge in [-0.1, -0.05) is 12.1 Å². The first-order valence-corrected chi connectivity index (χ1v) is 5.96. The Morgan fingerprint density at radius 1 is 1.35 bits per heavy atom. The number of nitrogens with one attached hydrogen (secondary N) is 2. The van der Waals surface area contributed by atoms with Crippen molar-refractivity contribution in [2.45, 2.75) is 13.8 Å². The van der Waals surface area contributed by atoms with E-state index < -0.39 is 0 Å². The molecule has 0 aliphatic heterocycles. The standard InChI is InChI=1S/C12H12BrN3O/c1-7-11(8(2)16-15-7)12(17)14-10-6-4-3-5-9(10)13/h3-6H,1-2H3,(H,14,17)(H,15,16). The van der Waals surface area contributed by atoms with E-state index in [1.807, 2.05) is 31.2 Å². The summed E-state index contributed by atoms with van der Waals surface area (Å²) in [5.74, 6) is -0.152. The maximum atomic E-state index is 12.1. The van der Waals surface area contributed by atoms with Crippen molar-refractivity contribution in [1.82, 2.24) is 10.2 Å². The minimum absolute atomic E-state index is 0.152. The molecule has 5 heteroatoms. The fraction of sp³-hybridized carbons (Fsp3) is 0.167. The molecule has 0 bridgehead atoms. The summed E-state index contributed by atoms with van der Waals surface area (Å²) in [5, 5.41) is 9.65. The Morgan fingerprint density at radius 3 is 2.65 bits per heavy atom. The summed E-state index contributed by atoms with van der Waals surface area (Å²) in [6.07, 6.45) is 0. The number of carbonyl (C=O) groups excluding carboxylic acids is 1. The normalized spacial score (nSPS) is 10.3. The van der Waals surface area contributed by atoms with Gasteiger partial charge >= 0.3 is 0 Å². The van der Waals surface area contributed by atoms with Crippen LogP contribution in [-0.2, 0) is 0 Å². The van der Waals surface area contributed by atoms with Crippen molar-refractivity contribution in [2.24, 2.45) is 0 Å². The SMILES string of the molecule is Cc1n[nH]c(C)c1C(=O)Nc1ccccc1Br. The van der Waals surface area contributed by atoms with E-state index in [1.165, 1.54) is 0 Å². The molecule has 2 rings (SSSR count). The third-order valence-corrected chi connectivity index (χ3v) is 3.17. The van der Waals surface area contributed by atoms with Gasteiger partial charge in [0.25, 0.3) is 5.91 Å². The van der Waals surface area contributed by atoms with E-state index in [0.29, 0.717) is 11.3 Å². The van der Waals surface area contributed by atoms with E-state index in [0.717, 1.165) is 15.9 Å². The molecule has 0 aliphatic rings. The van der Waals surface area contributed by atoms with Crippen LogP contribution in [0, 0.1) is 13.8 Å². The molecule has 0 saturated heterocycles. The number of rotatable bonds is 2. The van der Waals surface area contributed by atoms with Crippen LogP contribution in [0.2, 0.25) is 0 Å². The monoisotopic (exact) mass is 293 g/mol. The van der Waals surface area contributed by atoms with Crippen LogP contribution in [-0.4, -0.2) is 16.1 Å². The molecule has 0 atom stereocenters. The van der Waals surface area contributed by atoms with E-state index in [9.17, 15) is 4.79 Å². The minimum Gasteiger partial charge on any atom is -0.321 e. The summed E-state index contributed by atoms with van der Waals surface area (Å²) >= 11 is 3.39. The molecule has 1 aromatic carbocycles. The average molecular weight is 294 g/mol. The Kier molecular flexibility index (Phi) is 3.28. The number of para-hydroxylation sites is 1. The molecule has 2 N–H and O–H groups in total. The lowest BCUT2D eigenvalue weighted by atomic mass is 10.2. The zero-order valence-corrected chi connectivity index (χ0v) is 11.1. The van der Waals surface area contributed by atoms with Gasteiger partial charge in [-0.2, -0.15) is 5.10 Å². The molecule has 0 radical (unpaired) electrons. The molecule has 1 aromatic heterocycles. The Labute approximate surface area is 108 Å². The van der Waals surface area contributed by atoms with E-state index in [1.54, 1.807) is 6.92 Å². The fourth-order valence-corrected chi connectivity index (χ4v) is 2.02. The zero-order chi connectivity index (χ0) is 12.4. The van der Waals surface area contributed by atoms with Gasteiger partial charge in [0.1, 0.15) is 0 Å². The maximum Gasteiger partial charge on any atom is 0.259 e. The Bertz CT molecular complexity index is 543. The molecule has 17 heavy (non-hydrogen) atoms. The summed E-state index contributed by atoms with van der Waals surface area (Å²) in [5.41, 5.74) is 2.82. The van der Waals surface area contributed by atoms with Gasteiger partial charge in [0.05, 0.1) is 16.9 Å². The number of benzene rings is 1. The van der Waals surface area contributed by atoms with Crippen molar-refractivity contribution in [3.05, 3.63) is 45.7 Å². The molecule has 0 spiro atoms. The third-order valence-electron chi connectivity index (χ3n) is 2.48. The van der Waals surface area contributed by atoms with Crippen LogP contribution >= 0.6 is 15.9 Å². The lowest BCUT2D eigenvalue weighted by molar-refractivity contribution is 0.102. The maximum absolute atomic E-state index is 12.1. The topological polar surface area (TPSA) is 57.8 Å². The number of aryl methyl sites for hydroxylation is 2. The van der Waals surface area contributed by atoms with E-state index in [2.05, 4.69) is 31.4 Å². The summed E-state index contributed by atoms with van der Waals surface area (Å²) in [4.78, 5) is 12.1. The van der Waals surface area contributed by atoms with Gasteiger partial charge in [0.2, 0.25) is 0 Å². The van der Waals surface area contributed by atoms with Crippen LogP contribution in [0.15, 0.2) is 28.7 Å². The largest absolute Gasteiger partial charge is 0.321 e. The first-order valence-electron chi connectivity index (χ1n) is 5.17. The second-order valence-electron chi connectivity index (χ2n) is 3.74. The van der Waals surface area contributed by atoms with Crippen LogP contribution in [0.5, 0.6) is 0 Å². The quantitative estimate of drug-likeness (QED) is 0.894. The van der Waals surface area contributed by atoms with Gasteiger partial charge in [-0.3, -0.25) is 9.89 Å². The predicted molar refractivity (Wildman–Crippen MR) is 70.2 cm³/mol. The number of aromatic amines is 1. The molecule has 0 fully saturated rings. The minimum atomic E-state index is -0.152. The second-order valence-corrected chi connectivity index (χ2v) is 4.60. The van der Waals surface area contributed by atoms with Crippen LogP contribution in [0.25, 0.3) is 0 Å². The van der Waals surface area contributed by atoms with Gasteiger partial charge in [0.15, 0.2) is 0 Å². The predicted octanol–water partition coefficient (Wildman–Crippen LogP) is 3.04. The Morgan fingerprint density at radius 2 is 2.06 bits per heavy atom. The highest BCUT2D eigenvalue weighted by Crippen LogP contribution is 2.22. The van der Waals surface area contributed by atoms with Crippen LogP contribution in [0.3, 0.4) is 0 Å². The first-order chi connectivity index (χ1) is 8.09. The molecule has 88 valence electrons. The summed E-state index contributed by atoms with van der Waals surface area (Å²) in [7, 11) is 0. The fourth-order valence-electron chi connectivity index (χ4n) is 1.63. The number of halogens is 1. The number of carbonyl (C=O) groups is 1. The first kappa shape index (κ1) is 11.9. The van der Waals surface area contributed by atoms with Crippen molar-refractivity contribution >= 4 is 27.5 Å². The number of hydrogen-bond donors (Lipinski definition) is 2. The van der Waals surface area contributed by atoms with Crippen molar-refractivity contribution < 1.29 is 4.79 Å². The highest BCUT2D eigenvalue weighted by Gasteiger charge is 2.15. The second kappa shape index (κ2) is 4.71. The van der Waals surface area contributed by atoms with E-state index in [4.69, 9.17) is 0 Å². The molecular formula is C12H12BrN3O. The van der Waals surface area contributed by atoms with Gasteiger partial charge in [-0.25, -0.2) is 0 Å². The smallest absolute Gasteiger partial charge is 0.259 e. The number of aromatic nitrogens is 2. The Hall–Kier alpha value is -1.62. The van der Waals surface area contributed by atoms with Crippen LogP contribution < -0.4 is 5.32 Å². The molecular weight excluding hydrogens is 282 g/mol. The summed E-state index contributed by atoms with van der Waals surface area (Å²) < 4.78 is 0.854. The van der Waals surface area contributed by atoms with E-state index in [-0.39, 0.29) is 5.91 Å². The molecule has 1 amide bonds. The van der Waals surface area contributed by atoms with Gasteiger partial charge in [-0.05, 0) is 41.9 Å². The molecule has 0 unspecified atom stereocenters.